The van der Waals surface area contributed by atoms with Gasteiger partial charge in [-0.1, -0.05) is 36.8 Å². The predicted molar refractivity (Wildman–Crippen MR) is 95.2 cm³/mol. The van der Waals surface area contributed by atoms with Crippen molar-refractivity contribution < 1.29 is 4.79 Å². The van der Waals surface area contributed by atoms with Gasteiger partial charge in [0.15, 0.2) is 0 Å². The van der Waals surface area contributed by atoms with E-state index in [0.29, 0.717) is 15.5 Å². The molecule has 124 valence electrons. The number of hydrogen-bond donors (Lipinski definition) is 1. The largest absolute Gasteiger partial charge is 0.316 e. The summed E-state index contributed by atoms with van der Waals surface area (Å²) >= 11 is 7.19. The van der Waals surface area contributed by atoms with Crippen molar-refractivity contribution in [1.82, 2.24) is 14.6 Å². The van der Waals surface area contributed by atoms with Crippen LogP contribution in [0.1, 0.15) is 41.6 Å². The molecular weight excluding hydrogens is 348 g/mol. The van der Waals surface area contributed by atoms with E-state index in [2.05, 4.69) is 22.3 Å². The molecule has 8 heteroatoms. The van der Waals surface area contributed by atoms with Gasteiger partial charge in [0.05, 0.1) is 6.20 Å². The molecule has 0 fully saturated rings. The number of carbonyl (C=O) groups is 1. The number of fused-ring (bicyclic) bond motifs is 1. The van der Waals surface area contributed by atoms with Gasteiger partial charge in [0.1, 0.15) is 10.7 Å². The first kappa shape index (κ1) is 16.6. The van der Waals surface area contributed by atoms with Crippen molar-refractivity contribution in [1.29, 1.82) is 0 Å². The highest BCUT2D eigenvalue weighted by molar-refractivity contribution is 7.16. The molecule has 2 heterocycles. The number of rotatable bonds is 4. The van der Waals surface area contributed by atoms with E-state index in [0.717, 1.165) is 11.4 Å². The van der Waals surface area contributed by atoms with E-state index >= 15 is 0 Å². The van der Waals surface area contributed by atoms with E-state index < -0.39 is 11.5 Å². The Morgan fingerprint density at radius 3 is 2.75 bits per heavy atom. The molecule has 2 aromatic heterocycles. The van der Waals surface area contributed by atoms with E-state index in [1.54, 1.807) is 24.3 Å². The highest BCUT2D eigenvalue weighted by Crippen LogP contribution is 2.23. The van der Waals surface area contributed by atoms with Gasteiger partial charge in [0.2, 0.25) is 4.96 Å². The number of nitrogens with one attached hydrogen (secondary N) is 1. The summed E-state index contributed by atoms with van der Waals surface area (Å²) in [5.41, 5.74) is 0.101. The Hall–Kier alpha value is -2.25. The first-order chi connectivity index (χ1) is 11.5. The molecular formula is C16H15ClN4O2S. The molecule has 0 saturated carbocycles. The van der Waals surface area contributed by atoms with Crippen LogP contribution in [0.2, 0.25) is 5.02 Å². The molecule has 3 aromatic rings. The summed E-state index contributed by atoms with van der Waals surface area (Å²) in [5.74, 6) is -0.147. The number of benzene rings is 1. The van der Waals surface area contributed by atoms with E-state index in [9.17, 15) is 9.59 Å². The lowest BCUT2D eigenvalue weighted by molar-refractivity contribution is 0.102. The number of nitrogens with zero attached hydrogens (tertiary/aromatic N) is 3. The fraction of sp³-hybridized carbons (Fsp3) is 0.250. The molecule has 0 aliphatic carbocycles. The summed E-state index contributed by atoms with van der Waals surface area (Å²) in [4.78, 5) is 29.5. The molecule has 0 bridgehead atoms. The summed E-state index contributed by atoms with van der Waals surface area (Å²) in [6, 6.07) is 6.41. The van der Waals surface area contributed by atoms with Crippen molar-refractivity contribution in [2.45, 2.75) is 26.2 Å². The van der Waals surface area contributed by atoms with Gasteiger partial charge in [0.25, 0.3) is 11.5 Å². The smallest absolute Gasteiger partial charge is 0.298 e. The fourth-order valence-electron chi connectivity index (χ4n) is 2.06. The normalized spacial score (nSPS) is 12.3. The topological polar surface area (TPSA) is 76.4 Å². The minimum absolute atomic E-state index is 0.0912. The van der Waals surface area contributed by atoms with E-state index in [4.69, 9.17) is 11.6 Å². The molecule has 6 nitrogen and oxygen atoms in total. The lowest BCUT2D eigenvalue weighted by Gasteiger charge is -2.04. The average Bonchev–Trinajstić information content (AvgIpc) is 3.02. The average molecular weight is 363 g/mol. The SMILES string of the molecule is CC[C@H](C)c1nn2c(=O)c(NC(=O)c3ccc(Cl)cc3)cnc2s1. The molecule has 0 saturated heterocycles. The third kappa shape index (κ3) is 3.18. The van der Waals surface area contributed by atoms with Crippen LogP contribution < -0.4 is 10.9 Å². The molecule has 0 spiro atoms. The van der Waals surface area contributed by atoms with Crippen molar-refractivity contribution in [2.75, 3.05) is 5.32 Å². The van der Waals surface area contributed by atoms with E-state index in [1.807, 2.05) is 6.92 Å². The van der Waals surface area contributed by atoms with Crippen LogP contribution in [0.25, 0.3) is 4.96 Å². The molecule has 1 aromatic carbocycles. The minimum Gasteiger partial charge on any atom is -0.316 e. The Bertz CT molecular complexity index is 949. The molecule has 0 aliphatic heterocycles. The Morgan fingerprint density at radius 1 is 1.38 bits per heavy atom. The Morgan fingerprint density at radius 2 is 2.08 bits per heavy atom. The molecule has 1 atom stereocenters. The lowest BCUT2D eigenvalue weighted by atomic mass is 10.1. The zero-order valence-corrected chi connectivity index (χ0v) is 14.7. The Balaban J connectivity index is 1.92. The van der Waals surface area contributed by atoms with Gasteiger partial charge in [-0.05, 0) is 30.7 Å². The second-order valence-electron chi connectivity index (χ2n) is 5.38. The first-order valence-electron chi connectivity index (χ1n) is 7.45. The Kier molecular flexibility index (Phi) is 4.64. The second-order valence-corrected chi connectivity index (χ2v) is 6.81. The van der Waals surface area contributed by atoms with Gasteiger partial charge in [-0.3, -0.25) is 9.59 Å². The summed E-state index contributed by atoms with van der Waals surface area (Å²) in [5, 5.41) is 8.29. The van der Waals surface area contributed by atoms with Crippen LogP contribution in [0.4, 0.5) is 5.69 Å². The molecule has 24 heavy (non-hydrogen) atoms. The maximum atomic E-state index is 12.5. The van der Waals surface area contributed by atoms with Crippen LogP contribution in [-0.2, 0) is 0 Å². The van der Waals surface area contributed by atoms with Crippen LogP contribution in [0.15, 0.2) is 35.3 Å². The third-order valence-electron chi connectivity index (χ3n) is 3.69. The lowest BCUT2D eigenvalue weighted by Crippen LogP contribution is -2.23. The maximum Gasteiger partial charge on any atom is 0.298 e. The van der Waals surface area contributed by atoms with E-state index in [1.165, 1.54) is 22.0 Å². The summed E-state index contributed by atoms with van der Waals surface area (Å²) in [6.07, 6.45) is 2.29. The first-order valence-corrected chi connectivity index (χ1v) is 8.64. The van der Waals surface area contributed by atoms with Gasteiger partial charge in [-0.25, -0.2) is 4.98 Å². The highest BCUT2D eigenvalue weighted by Gasteiger charge is 2.15. The van der Waals surface area contributed by atoms with Crippen molar-refractivity contribution in [3.05, 3.63) is 56.4 Å². The van der Waals surface area contributed by atoms with Gasteiger partial charge in [0, 0.05) is 16.5 Å². The number of amides is 1. The highest BCUT2D eigenvalue weighted by atomic mass is 35.5. The van der Waals surface area contributed by atoms with Crippen LogP contribution in [0.3, 0.4) is 0 Å². The van der Waals surface area contributed by atoms with Crippen molar-refractivity contribution in [3.63, 3.8) is 0 Å². The third-order valence-corrected chi connectivity index (χ3v) is 5.10. The number of carbonyl (C=O) groups excluding carboxylic acids is 1. The number of anilines is 1. The standard InChI is InChI=1S/C16H15ClN4O2S/c1-3-9(2)14-20-21-15(23)12(8-18-16(21)24-14)19-13(22)10-4-6-11(17)7-5-10/h4-9H,3H2,1-2H3,(H,19,22)/t9-/m0/s1. The molecule has 1 N–H and O–H groups in total. The van der Waals surface area contributed by atoms with Crippen LogP contribution in [-0.4, -0.2) is 20.5 Å². The van der Waals surface area contributed by atoms with Gasteiger partial charge in [-0.15, -0.1) is 0 Å². The van der Waals surface area contributed by atoms with Crippen molar-refractivity contribution in [3.8, 4) is 0 Å². The molecule has 0 unspecified atom stereocenters. The van der Waals surface area contributed by atoms with Crippen LogP contribution in [0, 0.1) is 0 Å². The molecule has 0 aliphatic rings. The van der Waals surface area contributed by atoms with Gasteiger partial charge < -0.3 is 5.32 Å². The predicted octanol–water partition coefficient (Wildman–Crippen LogP) is 3.57. The van der Waals surface area contributed by atoms with Crippen molar-refractivity contribution in [2.24, 2.45) is 0 Å². The summed E-state index contributed by atoms with van der Waals surface area (Å²) < 4.78 is 1.24. The second kappa shape index (κ2) is 6.70. The zero-order chi connectivity index (χ0) is 17.3. The van der Waals surface area contributed by atoms with Gasteiger partial charge in [-0.2, -0.15) is 9.61 Å². The van der Waals surface area contributed by atoms with Crippen molar-refractivity contribution >= 4 is 39.5 Å². The van der Waals surface area contributed by atoms with Crippen LogP contribution in [0.5, 0.6) is 0 Å². The Labute approximate surface area is 147 Å². The zero-order valence-electron chi connectivity index (χ0n) is 13.1. The minimum atomic E-state index is -0.400. The quantitative estimate of drug-likeness (QED) is 0.769. The van der Waals surface area contributed by atoms with E-state index in [-0.39, 0.29) is 11.6 Å². The number of aromatic nitrogens is 3. The fourth-order valence-corrected chi connectivity index (χ4v) is 3.18. The van der Waals surface area contributed by atoms with Crippen LogP contribution >= 0.6 is 22.9 Å². The number of hydrogen-bond acceptors (Lipinski definition) is 5. The number of halogens is 1. The molecule has 3 rings (SSSR count). The maximum absolute atomic E-state index is 12.5. The van der Waals surface area contributed by atoms with Gasteiger partial charge >= 0.3 is 0 Å². The summed E-state index contributed by atoms with van der Waals surface area (Å²) in [7, 11) is 0. The summed E-state index contributed by atoms with van der Waals surface area (Å²) in [6.45, 7) is 4.11. The monoisotopic (exact) mass is 362 g/mol. The molecule has 0 radical (unpaired) electrons. The molecule has 1 amide bonds.